The summed E-state index contributed by atoms with van der Waals surface area (Å²) in [6, 6.07) is 4.68. The second-order valence-corrected chi connectivity index (χ2v) is 5.64. The number of rotatable bonds is 3. The van der Waals surface area contributed by atoms with Gasteiger partial charge in [0.1, 0.15) is 0 Å². The molecule has 104 valence electrons. The van der Waals surface area contributed by atoms with E-state index in [0.29, 0.717) is 32.3 Å². The number of carbonyl (C=O) groups excluding carboxylic acids is 3. The van der Waals surface area contributed by atoms with Crippen LogP contribution in [0, 0.1) is 0 Å². The molecule has 5 nitrogen and oxygen atoms in total. The average Bonchev–Trinajstić information content (AvgIpc) is 2.60. The van der Waals surface area contributed by atoms with Gasteiger partial charge in [0.25, 0.3) is 11.1 Å². The first-order valence-electron chi connectivity index (χ1n) is 5.29. The molecule has 0 aromatic heterocycles. The predicted molar refractivity (Wildman–Crippen MR) is 74.1 cm³/mol. The molecule has 1 saturated heterocycles. The molecule has 0 saturated carbocycles. The molecule has 0 atom stereocenters. The number of amides is 2. The first-order chi connectivity index (χ1) is 9.38. The van der Waals surface area contributed by atoms with Crippen molar-refractivity contribution in [2.75, 3.05) is 6.54 Å². The van der Waals surface area contributed by atoms with Gasteiger partial charge in [-0.2, -0.15) is 0 Å². The smallest absolute Gasteiger partial charge is 0.293 e. The Morgan fingerprint density at radius 1 is 1.35 bits per heavy atom. The number of hydrogen-bond donors (Lipinski definition) is 0. The van der Waals surface area contributed by atoms with E-state index in [4.69, 9.17) is 23.2 Å². The Bertz CT molecular complexity index is 644. The summed E-state index contributed by atoms with van der Waals surface area (Å²) in [5, 5.41) is 10.6. The van der Waals surface area contributed by atoms with E-state index in [1.165, 1.54) is 12.1 Å². The Hall–Kier alpha value is -1.50. The van der Waals surface area contributed by atoms with Gasteiger partial charge in [0.2, 0.25) is 0 Å². The fourth-order valence-electron chi connectivity index (χ4n) is 1.53. The standard InChI is InChI=1S/C12H7Cl2NO4S/c13-7-2-1-6(8(14)4-7)3-9-11(18)15(5-10(16)17)12(19)20-9/h1-4H,5H2,(H,16,17)/p-1/b9-3-. The highest BCUT2D eigenvalue weighted by Crippen LogP contribution is 2.33. The molecular formula is C12H6Cl2NO4S-. The number of carboxylic acids is 1. The minimum Gasteiger partial charge on any atom is -0.548 e. The topological polar surface area (TPSA) is 77.5 Å². The van der Waals surface area contributed by atoms with E-state index in [1.54, 1.807) is 12.1 Å². The number of aliphatic carboxylic acids is 1. The zero-order chi connectivity index (χ0) is 14.9. The molecule has 1 fully saturated rings. The van der Waals surface area contributed by atoms with Crippen molar-refractivity contribution < 1.29 is 19.5 Å². The lowest BCUT2D eigenvalue weighted by Crippen LogP contribution is -2.40. The largest absolute Gasteiger partial charge is 0.548 e. The minimum atomic E-state index is -1.50. The van der Waals surface area contributed by atoms with Gasteiger partial charge in [0.05, 0.1) is 17.4 Å². The van der Waals surface area contributed by atoms with Crippen molar-refractivity contribution >= 4 is 58.2 Å². The Labute approximate surface area is 128 Å². The third-order valence-corrected chi connectivity index (χ3v) is 3.88. The third-order valence-electron chi connectivity index (χ3n) is 2.41. The molecule has 2 rings (SSSR count). The molecule has 1 aliphatic rings. The van der Waals surface area contributed by atoms with E-state index in [1.807, 2.05) is 0 Å². The number of thioether (sulfide) groups is 1. The van der Waals surface area contributed by atoms with E-state index in [0.717, 1.165) is 0 Å². The summed E-state index contributed by atoms with van der Waals surface area (Å²) in [5.74, 6) is -2.19. The molecular weight excluding hydrogens is 325 g/mol. The predicted octanol–water partition coefficient (Wildman–Crippen LogP) is 1.78. The number of imide groups is 1. The summed E-state index contributed by atoms with van der Waals surface area (Å²) < 4.78 is 0. The summed E-state index contributed by atoms with van der Waals surface area (Å²) in [4.78, 5) is 34.6. The highest BCUT2D eigenvalue weighted by atomic mass is 35.5. The summed E-state index contributed by atoms with van der Waals surface area (Å²) in [6.07, 6.45) is 1.42. The van der Waals surface area contributed by atoms with E-state index < -0.39 is 23.7 Å². The highest BCUT2D eigenvalue weighted by molar-refractivity contribution is 8.18. The van der Waals surface area contributed by atoms with Crippen molar-refractivity contribution in [2.24, 2.45) is 0 Å². The average molecular weight is 331 g/mol. The van der Waals surface area contributed by atoms with Crippen LogP contribution in [0.2, 0.25) is 10.0 Å². The van der Waals surface area contributed by atoms with Crippen molar-refractivity contribution in [1.29, 1.82) is 0 Å². The van der Waals surface area contributed by atoms with Crippen molar-refractivity contribution in [3.05, 3.63) is 38.7 Å². The molecule has 0 N–H and O–H groups in total. The molecule has 0 unspecified atom stereocenters. The number of carboxylic acid groups (broad SMARTS) is 1. The van der Waals surface area contributed by atoms with Crippen molar-refractivity contribution in [3.8, 4) is 0 Å². The summed E-state index contributed by atoms with van der Waals surface area (Å²) in [6.45, 7) is -0.768. The summed E-state index contributed by atoms with van der Waals surface area (Å²) >= 11 is 12.4. The SMILES string of the molecule is O=C([O-])CN1C(=O)S/C(=C\c2ccc(Cl)cc2Cl)C1=O. The van der Waals surface area contributed by atoms with Gasteiger partial charge in [-0.25, -0.2) is 0 Å². The van der Waals surface area contributed by atoms with Gasteiger partial charge in [-0.15, -0.1) is 0 Å². The van der Waals surface area contributed by atoms with Crippen molar-refractivity contribution in [3.63, 3.8) is 0 Å². The van der Waals surface area contributed by atoms with Gasteiger partial charge in [0.15, 0.2) is 0 Å². The zero-order valence-corrected chi connectivity index (χ0v) is 12.1. The van der Waals surface area contributed by atoms with Crippen LogP contribution < -0.4 is 5.11 Å². The van der Waals surface area contributed by atoms with Crippen LogP contribution in [0.3, 0.4) is 0 Å². The Balaban J connectivity index is 2.30. The molecule has 1 aromatic carbocycles. The molecule has 2 amide bonds. The van der Waals surface area contributed by atoms with Gasteiger partial charge >= 0.3 is 0 Å². The van der Waals surface area contributed by atoms with Crippen LogP contribution in [-0.2, 0) is 9.59 Å². The third kappa shape index (κ3) is 3.15. The molecule has 0 spiro atoms. The van der Waals surface area contributed by atoms with Crippen LogP contribution in [0.15, 0.2) is 23.1 Å². The lowest BCUT2D eigenvalue weighted by atomic mass is 10.2. The first-order valence-corrected chi connectivity index (χ1v) is 6.86. The number of benzene rings is 1. The Kier molecular flexibility index (Phi) is 4.37. The van der Waals surface area contributed by atoms with E-state index in [-0.39, 0.29) is 4.91 Å². The zero-order valence-electron chi connectivity index (χ0n) is 9.76. The van der Waals surface area contributed by atoms with Gasteiger partial charge in [0, 0.05) is 10.0 Å². The molecule has 1 heterocycles. The van der Waals surface area contributed by atoms with Crippen LogP contribution in [-0.4, -0.2) is 28.6 Å². The van der Waals surface area contributed by atoms with Crippen LogP contribution in [0.5, 0.6) is 0 Å². The highest BCUT2D eigenvalue weighted by Gasteiger charge is 2.34. The number of halogens is 2. The quantitative estimate of drug-likeness (QED) is 0.789. The molecule has 0 radical (unpaired) electrons. The second-order valence-electron chi connectivity index (χ2n) is 3.81. The van der Waals surface area contributed by atoms with E-state index in [9.17, 15) is 19.5 Å². The van der Waals surface area contributed by atoms with Crippen molar-refractivity contribution in [1.82, 2.24) is 4.90 Å². The minimum absolute atomic E-state index is 0.0977. The van der Waals surface area contributed by atoms with Crippen LogP contribution in [0.4, 0.5) is 4.79 Å². The molecule has 0 aliphatic carbocycles. The van der Waals surface area contributed by atoms with E-state index >= 15 is 0 Å². The maximum Gasteiger partial charge on any atom is 0.293 e. The normalized spacial score (nSPS) is 17.1. The molecule has 20 heavy (non-hydrogen) atoms. The van der Waals surface area contributed by atoms with Crippen LogP contribution in [0.1, 0.15) is 5.56 Å². The lowest BCUT2D eigenvalue weighted by molar-refractivity contribution is -0.305. The van der Waals surface area contributed by atoms with E-state index in [2.05, 4.69) is 0 Å². The fourth-order valence-corrected chi connectivity index (χ4v) is 2.82. The fraction of sp³-hybridized carbons (Fsp3) is 0.0833. The molecule has 0 bridgehead atoms. The Morgan fingerprint density at radius 2 is 2.05 bits per heavy atom. The van der Waals surface area contributed by atoms with Gasteiger partial charge in [-0.05, 0) is 35.5 Å². The summed E-state index contributed by atoms with van der Waals surface area (Å²) in [7, 11) is 0. The van der Waals surface area contributed by atoms with Gasteiger partial charge in [-0.1, -0.05) is 29.3 Å². The lowest BCUT2D eigenvalue weighted by Gasteiger charge is -2.12. The maximum absolute atomic E-state index is 11.9. The monoisotopic (exact) mass is 330 g/mol. The van der Waals surface area contributed by atoms with Crippen LogP contribution >= 0.6 is 35.0 Å². The number of hydrogen-bond acceptors (Lipinski definition) is 5. The summed E-state index contributed by atoms with van der Waals surface area (Å²) in [5.41, 5.74) is 0.509. The number of nitrogens with zero attached hydrogens (tertiary/aromatic N) is 1. The van der Waals surface area contributed by atoms with Crippen molar-refractivity contribution in [2.45, 2.75) is 0 Å². The van der Waals surface area contributed by atoms with Gasteiger partial charge < -0.3 is 9.90 Å². The van der Waals surface area contributed by atoms with Crippen LogP contribution in [0.25, 0.3) is 6.08 Å². The second kappa shape index (κ2) is 5.87. The van der Waals surface area contributed by atoms with Gasteiger partial charge in [-0.3, -0.25) is 14.5 Å². The number of carbonyl (C=O) groups is 3. The molecule has 1 aromatic rings. The first kappa shape index (κ1) is 14.9. The Morgan fingerprint density at radius 3 is 2.65 bits per heavy atom. The maximum atomic E-state index is 11.9. The molecule has 1 aliphatic heterocycles. The molecule has 8 heteroatoms.